The van der Waals surface area contributed by atoms with Crippen molar-refractivity contribution in [1.82, 2.24) is 10.0 Å². The van der Waals surface area contributed by atoms with Gasteiger partial charge < -0.3 is 5.32 Å². The summed E-state index contributed by atoms with van der Waals surface area (Å²) < 4.78 is 26.3. The molecule has 0 heterocycles. The molecule has 0 radical (unpaired) electrons. The van der Waals surface area contributed by atoms with Gasteiger partial charge in [-0.05, 0) is 50.8 Å². The molecule has 0 amide bonds. The molecule has 1 atom stereocenters. The summed E-state index contributed by atoms with van der Waals surface area (Å²) in [6, 6.07) is 0.0395. The molecular formula is C12H28N2O2S2. The van der Waals surface area contributed by atoms with Gasteiger partial charge in [-0.1, -0.05) is 13.8 Å². The second-order valence-corrected chi connectivity index (χ2v) is 7.69. The van der Waals surface area contributed by atoms with Crippen LogP contribution in [0.25, 0.3) is 0 Å². The molecule has 0 aliphatic rings. The Morgan fingerprint density at radius 3 is 2.56 bits per heavy atom. The SMILES string of the molecule is CCCNCCCS(=O)(=O)NC(C)CCSCC. The summed E-state index contributed by atoms with van der Waals surface area (Å²) in [6.45, 7) is 7.88. The molecule has 0 bridgehead atoms. The molecule has 18 heavy (non-hydrogen) atoms. The minimum Gasteiger partial charge on any atom is -0.317 e. The van der Waals surface area contributed by atoms with Gasteiger partial charge in [-0.15, -0.1) is 0 Å². The maximum absolute atomic E-state index is 11.8. The molecule has 0 aromatic carbocycles. The summed E-state index contributed by atoms with van der Waals surface area (Å²) in [5.41, 5.74) is 0. The molecular weight excluding hydrogens is 268 g/mol. The average molecular weight is 297 g/mol. The Balaban J connectivity index is 3.71. The van der Waals surface area contributed by atoms with E-state index < -0.39 is 10.0 Å². The molecule has 0 aromatic rings. The summed E-state index contributed by atoms with van der Waals surface area (Å²) in [6.07, 6.45) is 2.65. The third-order valence-electron chi connectivity index (χ3n) is 2.47. The highest BCUT2D eigenvalue weighted by Gasteiger charge is 2.13. The van der Waals surface area contributed by atoms with Crippen LogP contribution in [0.1, 0.15) is 40.0 Å². The molecule has 6 heteroatoms. The highest BCUT2D eigenvalue weighted by molar-refractivity contribution is 7.99. The highest BCUT2D eigenvalue weighted by Crippen LogP contribution is 2.05. The monoisotopic (exact) mass is 296 g/mol. The van der Waals surface area contributed by atoms with E-state index in [0.29, 0.717) is 6.42 Å². The van der Waals surface area contributed by atoms with Crippen molar-refractivity contribution in [3.05, 3.63) is 0 Å². The van der Waals surface area contributed by atoms with Crippen molar-refractivity contribution in [2.75, 3.05) is 30.3 Å². The lowest BCUT2D eigenvalue weighted by molar-refractivity contribution is 0.552. The van der Waals surface area contributed by atoms with Crippen molar-refractivity contribution in [3.8, 4) is 0 Å². The summed E-state index contributed by atoms with van der Waals surface area (Å²) in [5, 5.41) is 3.21. The van der Waals surface area contributed by atoms with Crippen LogP contribution in [-0.4, -0.2) is 44.8 Å². The van der Waals surface area contributed by atoms with Gasteiger partial charge in [0.15, 0.2) is 0 Å². The highest BCUT2D eigenvalue weighted by atomic mass is 32.2. The first-order valence-electron chi connectivity index (χ1n) is 6.80. The summed E-state index contributed by atoms with van der Waals surface area (Å²) in [7, 11) is -3.10. The zero-order chi connectivity index (χ0) is 13.9. The van der Waals surface area contributed by atoms with Crippen molar-refractivity contribution < 1.29 is 8.42 Å². The molecule has 0 aromatic heterocycles. The molecule has 1 unspecified atom stereocenters. The molecule has 0 aliphatic carbocycles. The fourth-order valence-corrected chi connectivity index (χ4v) is 3.70. The molecule has 0 spiro atoms. The topological polar surface area (TPSA) is 58.2 Å². The van der Waals surface area contributed by atoms with Gasteiger partial charge in [-0.25, -0.2) is 13.1 Å². The van der Waals surface area contributed by atoms with Gasteiger partial charge in [0.25, 0.3) is 0 Å². The standard InChI is InChI=1S/C12H28N2O2S2/c1-4-8-13-9-6-11-18(15,16)14-12(3)7-10-17-5-2/h12-14H,4-11H2,1-3H3. The van der Waals surface area contributed by atoms with E-state index in [-0.39, 0.29) is 11.8 Å². The van der Waals surface area contributed by atoms with E-state index >= 15 is 0 Å². The molecule has 0 rings (SSSR count). The maximum atomic E-state index is 11.8. The number of nitrogens with one attached hydrogen (secondary N) is 2. The molecule has 0 saturated heterocycles. The second-order valence-electron chi connectivity index (χ2n) is 4.43. The smallest absolute Gasteiger partial charge is 0.211 e. The van der Waals surface area contributed by atoms with Crippen molar-refractivity contribution in [2.45, 2.75) is 46.1 Å². The third-order valence-corrected chi connectivity index (χ3v) is 4.99. The van der Waals surface area contributed by atoms with Crippen LogP contribution in [-0.2, 0) is 10.0 Å². The first kappa shape index (κ1) is 18.2. The van der Waals surface area contributed by atoms with Gasteiger partial charge in [0.2, 0.25) is 10.0 Å². The summed E-state index contributed by atoms with van der Waals surface area (Å²) in [5.74, 6) is 2.32. The minimum atomic E-state index is -3.10. The zero-order valence-electron chi connectivity index (χ0n) is 11.9. The first-order chi connectivity index (χ1) is 8.52. The Morgan fingerprint density at radius 2 is 1.94 bits per heavy atom. The minimum absolute atomic E-state index is 0.0395. The molecule has 0 fully saturated rings. The molecule has 0 aliphatic heterocycles. The van der Waals surface area contributed by atoms with Crippen molar-refractivity contribution >= 4 is 21.8 Å². The molecule has 4 nitrogen and oxygen atoms in total. The number of hydrogen-bond acceptors (Lipinski definition) is 4. The fourth-order valence-electron chi connectivity index (χ4n) is 1.52. The van der Waals surface area contributed by atoms with Gasteiger partial charge in [-0.3, -0.25) is 0 Å². The number of thioether (sulfide) groups is 1. The number of rotatable bonds is 12. The van der Waals surface area contributed by atoms with Crippen molar-refractivity contribution in [2.24, 2.45) is 0 Å². The predicted octanol–water partition coefficient (Wildman–Crippen LogP) is 1.83. The van der Waals surface area contributed by atoms with Gasteiger partial charge in [0, 0.05) is 6.04 Å². The Morgan fingerprint density at radius 1 is 1.22 bits per heavy atom. The summed E-state index contributed by atoms with van der Waals surface area (Å²) >= 11 is 1.84. The van der Waals surface area contributed by atoms with Crippen LogP contribution < -0.4 is 10.0 Å². The Kier molecular flexibility index (Phi) is 11.2. The van der Waals surface area contributed by atoms with Crippen molar-refractivity contribution in [1.29, 1.82) is 0 Å². The van der Waals surface area contributed by atoms with E-state index in [1.54, 1.807) is 0 Å². The molecule has 2 N–H and O–H groups in total. The lowest BCUT2D eigenvalue weighted by Crippen LogP contribution is -2.35. The van der Waals surface area contributed by atoms with Crippen LogP contribution in [0.15, 0.2) is 0 Å². The third kappa shape index (κ3) is 11.3. The van der Waals surface area contributed by atoms with Crippen LogP contribution in [0.3, 0.4) is 0 Å². The van der Waals surface area contributed by atoms with Gasteiger partial charge in [0.05, 0.1) is 5.75 Å². The van der Waals surface area contributed by atoms with E-state index in [1.807, 2.05) is 18.7 Å². The Hall–Kier alpha value is 0.220. The Bertz CT molecular complexity index is 282. The molecule has 110 valence electrons. The maximum Gasteiger partial charge on any atom is 0.211 e. The summed E-state index contributed by atoms with van der Waals surface area (Å²) in [4.78, 5) is 0. The lowest BCUT2D eigenvalue weighted by Gasteiger charge is -2.13. The Labute approximate surface area is 117 Å². The van der Waals surface area contributed by atoms with Crippen LogP contribution >= 0.6 is 11.8 Å². The predicted molar refractivity (Wildman–Crippen MR) is 81.8 cm³/mol. The number of sulfonamides is 1. The van der Waals surface area contributed by atoms with E-state index in [4.69, 9.17) is 0 Å². The average Bonchev–Trinajstić information content (AvgIpc) is 2.28. The largest absolute Gasteiger partial charge is 0.317 e. The van der Waals surface area contributed by atoms with Crippen LogP contribution in [0.5, 0.6) is 0 Å². The lowest BCUT2D eigenvalue weighted by atomic mass is 10.3. The van der Waals surface area contributed by atoms with E-state index in [2.05, 4.69) is 23.9 Å². The van der Waals surface area contributed by atoms with E-state index in [1.165, 1.54) is 0 Å². The van der Waals surface area contributed by atoms with Gasteiger partial charge in [0.1, 0.15) is 0 Å². The quantitative estimate of drug-likeness (QED) is 0.539. The fraction of sp³-hybridized carbons (Fsp3) is 1.00. The van der Waals surface area contributed by atoms with Crippen LogP contribution in [0.4, 0.5) is 0 Å². The number of hydrogen-bond donors (Lipinski definition) is 2. The second kappa shape index (κ2) is 11.1. The van der Waals surface area contributed by atoms with Gasteiger partial charge in [-0.2, -0.15) is 11.8 Å². The van der Waals surface area contributed by atoms with E-state index in [9.17, 15) is 8.42 Å². The first-order valence-corrected chi connectivity index (χ1v) is 9.61. The molecule has 0 saturated carbocycles. The zero-order valence-corrected chi connectivity index (χ0v) is 13.5. The normalized spacial score (nSPS) is 13.7. The van der Waals surface area contributed by atoms with Crippen LogP contribution in [0, 0.1) is 0 Å². The van der Waals surface area contributed by atoms with E-state index in [0.717, 1.165) is 37.4 Å². The van der Waals surface area contributed by atoms with Crippen LogP contribution in [0.2, 0.25) is 0 Å². The van der Waals surface area contributed by atoms with Gasteiger partial charge >= 0.3 is 0 Å². The van der Waals surface area contributed by atoms with Crippen molar-refractivity contribution in [3.63, 3.8) is 0 Å².